The predicted molar refractivity (Wildman–Crippen MR) is 109 cm³/mol. The molecular weight excluding hydrogens is 355 g/mol. The first-order valence-corrected chi connectivity index (χ1v) is 9.14. The molecule has 3 rings (SSSR count). The highest BCUT2D eigenvalue weighted by atomic mass is 19.1. The molecule has 0 saturated heterocycles. The molecule has 0 aliphatic heterocycles. The van der Waals surface area contributed by atoms with Crippen molar-refractivity contribution in [3.8, 4) is 0 Å². The van der Waals surface area contributed by atoms with E-state index in [2.05, 4.69) is 20.6 Å². The molecule has 0 bridgehead atoms. The van der Waals surface area contributed by atoms with Crippen molar-refractivity contribution in [3.63, 3.8) is 0 Å². The number of halogens is 1. The lowest BCUT2D eigenvalue weighted by molar-refractivity contribution is 0.102. The van der Waals surface area contributed by atoms with E-state index in [4.69, 9.17) is 0 Å². The second kappa shape index (κ2) is 8.61. The first kappa shape index (κ1) is 19.5. The Balaban J connectivity index is 1.67. The average Bonchev–Trinajstić information content (AvgIpc) is 2.66. The highest BCUT2D eigenvalue weighted by molar-refractivity contribution is 6.03. The molecule has 0 saturated carbocycles. The van der Waals surface area contributed by atoms with Gasteiger partial charge in [0.25, 0.3) is 5.91 Å². The summed E-state index contributed by atoms with van der Waals surface area (Å²) in [6.07, 6.45) is 0.514. The molecule has 0 fully saturated rings. The van der Waals surface area contributed by atoms with Crippen molar-refractivity contribution in [1.29, 1.82) is 0 Å². The van der Waals surface area contributed by atoms with Crippen LogP contribution in [0.15, 0.2) is 48.5 Å². The van der Waals surface area contributed by atoms with Crippen molar-refractivity contribution < 1.29 is 9.18 Å². The monoisotopic (exact) mass is 378 g/mol. The van der Waals surface area contributed by atoms with E-state index in [9.17, 15) is 9.18 Å². The fourth-order valence-electron chi connectivity index (χ4n) is 2.82. The Labute approximate surface area is 164 Å². The summed E-state index contributed by atoms with van der Waals surface area (Å²) in [5.41, 5.74) is 3.90. The first-order chi connectivity index (χ1) is 13.4. The van der Waals surface area contributed by atoms with Crippen LogP contribution in [0, 0.1) is 26.6 Å². The molecule has 0 atom stereocenters. The van der Waals surface area contributed by atoms with Crippen LogP contribution in [0.3, 0.4) is 0 Å². The van der Waals surface area contributed by atoms with E-state index in [0.717, 1.165) is 16.8 Å². The van der Waals surface area contributed by atoms with Crippen molar-refractivity contribution in [1.82, 2.24) is 9.97 Å². The van der Waals surface area contributed by atoms with E-state index in [1.165, 1.54) is 6.07 Å². The summed E-state index contributed by atoms with van der Waals surface area (Å²) in [5.74, 6) is 0.498. The number of hydrogen-bond acceptors (Lipinski definition) is 4. The summed E-state index contributed by atoms with van der Waals surface area (Å²) >= 11 is 0. The number of amides is 1. The number of nitrogens with zero attached hydrogens (tertiary/aromatic N) is 2. The van der Waals surface area contributed by atoms with Gasteiger partial charge in [-0.1, -0.05) is 24.3 Å². The molecule has 0 radical (unpaired) electrons. The van der Waals surface area contributed by atoms with E-state index in [1.807, 2.05) is 38.1 Å². The highest BCUT2D eigenvalue weighted by Crippen LogP contribution is 2.16. The third-order valence-corrected chi connectivity index (χ3v) is 4.49. The number of aromatic nitrogens is 2. The second-order valence-electron chi connectivity index (χ2n) is 6.71. The molecule has 5 nitrogen and oxygen atoms in total. The molecule has 28 heavy (non-hydrogen) atoms. The Hall–Kier alpha value is -3.28. The lowest BCUT2D eigenvalue weighted by Crippen LogP contribution is -2.16. The molecule has 0 aliphatic carbocycles. The molecular formula is C22H23FN4O. The van der Waals surface area contributed by atoms with Gasteiger partial charge in [0, 0.05) is 18.3 Å². The van der Waals surface area contributed by atoms with Gasteiger partial charge < -0.3 is 10.6 Å². The van der Waals surface area contributed by atoms with Gasteiger partial charge in [-0.25, -0.2) is 14.4 Å². The van der Waals surface area contributed by atoms with Crippen LogP contribution in [0.5, 0.6) is 0 Å². The Morgan fingerprint density at radius 1 is 1.00 bits per heavy atom. The minimum atomic E-state index is -0.300. The first-order valence-electron chi connectivity index (χ1n) is 9.14. The zero-order valence-corrected chi connectivity index (χ0v) is 16.2. The van der Waals surface area contributed by atoms with Crippen LogP contribution in [0.25, 0.3) is 0 Å². The number of anilines is 2. The van der Waals surface area contributed by atoms with Gasteiger partial charge in [0.1, 0.15) is 23.2 Å². The van der Waals surface area contributed by atoms with Gasteiger partial charge in [-0.15, -0.1) is 0 Å². The zero-order valence-electron chi connectivity index (χ0n) is 16.2. The fourth-order valence-corrected chi connectivity index (χ4v) is 2.82. The molecule has 1 amide bonds. The maximum absolute atomic E-state index is 13.7. The van der Waals surface area contributed by atoms with E-state index < -0.39 is 0 Å². The largest absolute Gasteiger partial charge is 0.370 e. The van der Waals surface area contributed by atoms with Crippen LogP contribution in [0.2, 0.25) is 0 Å². The molecule has 1 aromatic heterocycles. The molecule has 6 heteroatoms. The molecule has 3 aromatic rings. The lowest BCUT2D eigenvalue weighted by atomic mass is 10.1. The van der Waals surface area contributed by atoms with Crippen molar-refractivity contribution in [2.24, 2.45) is 0 Å². The summed E-state index contributed by atoms with van der Waals surface area (Å²) < 4.78 is 13.7. The number of benzene rings is 2. The minimum absolute atomic E-state index is 0.225. The number of nitrogens with one attached hydrogen (secondary N) is 2. The van der Waals surface area contributed by atoms with Crippen LogP contribution < -0.4 is 10.6 Å². The maximum atomic E-state index is 13.7. The number of carbonyl (C=O) groups is 1. The Bertz CT molecular complexity index is 1000. The summed E-state index contributed by atoms with van der Waals surface area (Å²) in [6, 6.07) is 14.0. The van der Waals surface area contributed by atoms with E-state index >= 15 is 0 Å². The van der Waals surface area contributed by atoms with E-state index in [0.29, 0.717) is 30.2 Å². The van der Waals surface area contributed by atoms with Gasteiger partial charge in [0.05, 0.1) is 0 Å². The Morgan fingerprint density at radius 3 is 2.54 bits per heavy atom. The number of hydrogen-bond donors (Lipinski definition) is 2. The fraction of sp³-hybridized carbons (Fsp3) is 0.227. The molecule has 1 heterocycles. The zero-order chi connectivity index (χ0) is 20.1. The van der Waals surface area contributed by atoms with Crippen LogP contribution >= 0.6 is 0 Å². The SMILES string of the molecule is Cc1nc(NCCc2ccccc2F)cc(C(=O)Nc2ccc(C)c(C)c2)n1. The third-order valence-electron chi connectivity index (χ3n) is 4.49. The highest BCUT2D eigenvalue weighted by Gasteiger charge is 2.11. The molecule has 2 N–H and O–H groups in total. The van der Waals surface area contributed by atoms with E-state index in [1.54, 1.807) is 25.1 Å². The van der Waals surface area contributed by atoms with Gasteiger partial charge in [0.2, 0.25) is 0 Å². The van der Waals surface area contributed by atoms with Crippen LogP contribution in [-0.4, -0.2) is 22.4 Å². The van der Waals surface area contributed by atoms with Gasteiger partial charge in [-0.3, -0.25) is 4.79 Å². The second-order valence-corrected chi connectivity index (χ2v) is 6.71. The van der Waals surface area contributed by atoms with Crippen LogP contribution in [0.1, 0.15) is 33.0 Å². The van der Waals surface area contributed by atoms with Crippen molar-refractivity contribution in [2.45, 2.75) is 27.2 Å². The summed E-state index contributed by atoms with van der Waals surface area (Å²) in [4.78, 5) is 21.1. The van der Waals surface area contributed by atoms with Crippen molar-refractivity contribution in [2.75, 3.05) is 17.2 Å². The molecule has 0 spiro atoms. The molecule has 144 valence electrons. The number of rotatable bonds is 6. The van der Waals surface area contributed by atoms with Crippen LogP contribution in [0.4, 0.5) is 15.9 Å². The van der Waals surface area contributed by atoms with Crippen molar-refractivity contribution >= 4 is 17.4 Å². The summed E-state index contributed by atoms with van der Waals surface area (Å²) in [6.45, 7) is 6.25. The number of aryl methyl sites for hydroxylation is 3. The molecule has 0 aliphatic rings. The van der Waals surface area contributed by atoms with Gasteiger partial charge >= 0.3 is 0 Å². The third kappa shape index (κ3) is 4.91. The van der Waals surface area contributed by atoms with Gasteiger partial charge in [-0.05, 0) is 62.1 Å². The van der Waals surface area contributed by atoms with Crippen molar-refractivity contribution in [3.05, 3.63) is 82.6 Å². The normalized spacial score (nSPS) is 10.6. The molecule has 0 unspecified atom stereocenters. The Kier molecular flexibility index (Phi) is 5.99. The topological polar surface area (TPSA) is 66.9 Å². The van der Waals surface area contributed by atoms with Gasteiger partial charge in [-0.2, -0.15) is 0 Å². The maximum Gasteiger partial charge on any atom is 0.274 e. The standard InChI is InChI=1S/C22H23FN4O/c1-14-8-9-18(12-15(14)2)27-22(28)20-13-21(26-16(3)25-20)24-11-10-17-6-4-5-7-19(17)23/h4-9,12-13H,10-11H2,1-3H3,(H,27,28)(H,24,25,26). The smallest absolute Gasteiger partial charge is 0.274 e. The summed E-state index contributed by atoms with van der Waals surface area (Å²) in [5, 5.41) is 6.00. The number of carbonyl (C=O) groups excluding carboxylic acids is 1. The summed E-state index contributed by atoms with van der Waals surface area (Å²) in [7, 11) is 0. The quantitative estimate of drug-likeness (QED) is 0.665. The van der Waals surface area contributed by atoms with Gasteiger partial charge in [0.15, 0.2) is 0 Å². The predicted octanol–water partition coefficient (Wildman–Crippen LogP) is 4.45. The lowest BCUT2D eigenvalue weighted by Gasteiger charge is -2.10. The minimum Gasteiger partial charge on any atom is -0.370 e. The van der Waals surface area contributed by atoms with Crippen LogP contribution in [-0.2, 0) is 6.42 Å². The Morgan fingerprint density at radius 2 is 1.79 bits per heavy atom. The average molecular weight is 378 g/mol. The van der Waals surface area contributed by atoms with E-state index in [-0.39, 0.29) is 17.4 Å². The molecule has 2 aromatic carbocycles.